The molecule has 154 valence electrons. The van der Waals surface area contributed by atoms with Crippen LogP contribution >= 0.6 is 0 Å². The molecule has 0 fully saturated rings. The van der Waals surface area contributed by atoms with Crippen molar-refractivity contribution in [3.05, 3.63) is 64.7 Å². The number of halogens is 1. The standard InChI is InChI=1S/C24H30FN3O/c1-6-17(5)26-24(29)21(7-2)28-22-13-16(4)15(3)12-20(22)27-23(28)14-18-8-10-19(25)11-9-18/h8-13,17,21H,6-7,14H2,1-5H3,(H,26,29)/t17-,21+/m1/s1. The molecule has 1 aromatic heterocycles. The van der Waals surface area contributed by atoms with E-state index in [4.69, 9.17) is 4.98 Å². The molecule has 0 aliphatic rings. The van der Waals surface area contributed by atoms with Crippen molar-refractivity contribution >= 4 is 16.9 Å². The summed E-state index contributed by atoms with van der Waals surface area (Å²) in [5, 5.41) is 3.12. The van der Waals surface area contributed by atoms with Gasteiger partial charge in [0.25, 0.3) is 0 Å². The van der Waals surface area contributed by atoms with Crippen molar-refractivity contribution in [2.45, 2.75) is 66.0 Å². The summed E-state index contributed by atoms with van der Waals surface area (Å²) in [5.41, 5.74) is 5.17. The van der Waals surface area contributed by atoms with E-state index in [1.165, 1.54) is 23.3 Å². The first-order valence-corrected chi connectivity index (χ1v) is 10.4. The third-order valence-corrected chi connectivity index (χ3v) is 5.66. The molecule has 3 rings (SSSR count). The molecule has 0 aliphatic heterocycles. The number of carbonyl (C=O) groups is 1. The minimum absolute atomic E-state index is 0.0136. The van der Waals surface area contributed by atoms with Crippen molar-refractivity contribution in [3.8, 4) is 0 Å². The zero-order chi connectivity index (χ0) is 21.1. The minimum Gasteiger partial charge on any atom is -0.352 e. The molecule has 0 saturated carbocycles. The maximum Gasteiger partial charge on any atom is 0.243 e. The summed E-state index contributed by atoms with van der Waals surface area (Å²) in [6, 6.07) is 10.4. The van der Waals surface area contributed by atoms with Gasteiger partial charge in [0.2, 0.25) is 5.91 Å². The summed E-state index contributed by atoms with van der Waals surface area (Å²) >= 11 is 0. The van der Waals surface area contributed by atoms with Gasteiger partial charge in [-0.3, -0.25) is 4.79 Å². The molecule has 4 nitrogen and oxygen atoms in total. The van der Waals surface area contributed by atoms with Crippen molar-refractivity contribution in [1.82, 2.24) is 14.9 Å². The van der Waals surface area contributed by atoms with Gasteiger partial charge in [-0.2, -0.15) is 0 Å². The Morgan fingerprint density at radius 2 is 1.76 bits per heavy atom. The minimum atomic E-state index is -0.341. The number of aryl methyl sites for hydroxylation is 2. The summed E-state index contributed by atoms with van der Waals surface area (Å²) in [5.74, 6) is 0.579. The molecule has 0 saturated heterocycles. The summed E-state index contributed by atoms with van der Waals surface area (Å²) in [4.78, 5) is 17.9. The first-order chi connectivity index (χ1) is 13.8. The highest BCUT2D eigenvalue weighted by molar-refractivity contribution is 5.85. The van der Waals surface area contributed by atoms with E-state index in [0.717, 1.165) is 28.8 Å². The van der Waals surface area contributed by atoms with Crippen LogP contribution in [-0.2, 0) is 11.2 Å². The zero-order valence-corrected chi connectivity index (χ0v) is 17.9. The maximum absolute atomic E-state index is 13.3. The Morgan fingerprint density at radius 1 is 1.10 bits per heavy atom. The Morgan fingerprint density at radius 3 is 2.38 bits per heavy atom. The van der Waals surface area contributed by atoms with Gasteiger partial charge in [0, 0.05) is 12.5 Å². The van der Waals surface area contributed by atoms with Crippen LogP contribution in [0.25, 0.3) is 11.0 Å². The van der Waals surface area contributed by atoms with E-state index < -0.39 is 0 Å². The van der Waals surface area contributed by atoms with E-state index >= 15 is 0 Å². The van der Waals surface area contributed by atoms with E-state index in [-0.39, 0.29) is 23.8 Å². The van der Waals surface area contributed by atoms with Gasteiger partial charge < -0.3 is 9.88 Å². The van der Waals surface area contributed by atoms with Crippen LogP contribution in [0.2, 0.25) is 0 Å². The number of nitrogens with zero attached hydrogens (tertiary/aromatic N) is 2. The summed E-state index contributed by atoms with van der Waals surface area (Å²) in [7, 11) is 0. The average Bonchev–Trinajstić information content (AvgIpc) is 3.01. The largest absolute Gasteiger partial charge is 0.352 e. The van der Waals surface area contributed by atoms with Gasteiger partial charge in [0.1, 0.15) is 17.7 Å². The summed E-state index contributed by atoms with van der Waals surface area (Å²) in [6.45, 7) is 10.2. The van der Waals surface area contributed by atoms with E-state index in [0.29, 0.717) is 12.8 Å². The predicted molar refractivity (Wildman–Crippen MR) is 116 cm³/mol. The van der Waals surface area contributed by atoms with Crippen LogP contribution in [-0.4, -0.2) is 21.5 Å². The Labute approximate surface area is 172 Å². The molecule has 3 aromatic rings. The monoisotopic (exact) mass is 395 g/mol. The van der Waals surface area contributed by atoms with Crippen molar-refractivity contribution in [3.63, 3.8) is 0 Å². The van der Waals surface area contributed by atoms with Gasteiger partial charge in [-0.25, -0.2) is 9.37 Å². The summed E-state index contributed by atoms with van der Waals surface area (Å²) < 4.78 is 15.4. The van der Waals surface area contributed by atoms with E-state index in [9.17, 15) is 9.18 Å². The van der Waals surface area contributed by atoms with Crippen molar-refractivity contribution in [2.75, 3.05) is 0 Å². The van der Waals surface area contributed by atoms with Gasteiger partial charge in [-0.05, 0) is 74.6 Å². The van der Waals surface area contributed by atoms with Crippen LogP contribution < -0.4 is 5.32 Å². The normalized spacial score (nSPS) is 13.4. The zero-order valence-electron chi connectivity index (χ0n) is 17.9. The van der Waals surface area contributed by atoms with Crippen LogP contribution in [0.4, 0.5) is 4.39 Å². The van der Waals surface area contributed by atoms with Crippen LogP contribution in [0.5, 0.6) is 0 Å². The Balaban J connectivity index is 2.11. The number of hydrogen-bond donors (Lipinski definition) is 1. The molecule has 1 amide bonds. The first-order valence-electron chi connectivity index (χ1n) is 10.4. The second-order valence-electron chi connectivity index (χ2n) is 7.87. The van der Waals surface area contributed by atoms with Gasteiger partial charge in [0.15, 0.2) is 0 Å². The maximum atomic E-state index is 13.3. The third-order valence-electron chi connectivity index (χ3n) is 5.66. The van der Waals surface area contributed by atoms with Gasteiger partial charge >= 0.3 is 0 Å². The highest BCUT2D eigenvalue weighted by atomic mass is 19.1. The van der Waals surface area contributed by atoms with E-state index in [1.54, 1.807) is 12.1 Å². The Hall–Kier alpha value is -2.69. The fourth-order valence-electron chi connectivity index (χ4n) is 3.58. The number of carbonyl (C=O) groups excluding carboxylic acids is 1. The lowest BCUT2D eigenvalue weighted by Gasteiger charge is -2.22. The third kappa shape index (κ3) is 4.50. The number of rotatable bonds is 7. The number of nitrogens with one attached hydrogen (secondary N) is 1. The molecule has 1 heterocycles. The Bertz CT molecular complexity index is 1010. The van der Waals surface area contributed by atoms with Crippen LogP contribution in [0, 0.1) is 19.7 Å². The van der Waals surface area contributed by atoms with Crippen molar-refractivity contribution in [2.24, 2.45) is 0 Å². The second-order valence-corrected chi connectivity index (χ2v) is 7.87. The molecule has 29 heavy (non-hydrogen) atoms. The van der Waals surface area contributed by atoms with Crippen LogP contribution in [0.1, 0.15) is 62.2 Å². The smallest absolute Gasteiger partial charge is 0.243 e. The van der Waals surface area contributed by atoms with Gasteiger partial charge in [-0.1, -0.05) is 26.0 Å². The molecule has 2 atom stereocenters. The number of imidazole rings is 1. The first kappa shape index (κ1) is 21.0. The highest BCUT2D eigenvalue weighted by Gasteiger charge is 2.25. The summed E-state index contributed by atoms with van der Waals surface area (Å²) in [6.07, 6.45) is 2.09. The lowest BCUT2D eigenvalue weighted by molar-refractivity contribution is -0.125. The average molecular weight is 396 g/mol. The SMILES string of the molecule is CC[C@@H](C)NC(=O)[C@H](CC)n1c(Cc2ccc(F)cc2)nc2cc(C)c(C)cc21. The second kappa shape index (κ2) is 8.76. The molecule has 0 unspecified atom stereocenters. The number of benzene rings is 2. The molecule has 0 spiro atoms. The molecule has 0 aliphatic carbocycles. The number of fused-ring (bicyclic) bond motifs is 1. The molecule has 5 heteroatoms. The lowest BCUT2D eigenvalue weighted by Crippen LogP contribution is -2.38. The van der Waals surface area contributed by atoms with Gasteiger partial charge in [0.05, 0.1) is 11.0 Å². The number of amides is 1. The number of aromatic nitrogens is 2. The quantitative estimate of drug-likeness (QED) is 0.594. The van der Waals surface area contributed by atoms with E-state index in [1.807, 2.05) is 13.8 Å². The molecular formula is C24H30FN3O. The molecule has 1 N–H and O–H groups in total. The van der Waals surface area contributed by atoms with E-state index in [2.05, 4.69) is 42.8 Å². The Kier molecular flexibility index (Phi) is 6.36. The number of hydrogen-bond acceptors (Lipinski definition) is 2. The topological polar surface area (TPSA) is 46.9 Å². The predicted octanol–water partition coefficient (Wildman–Crippen LogP) is 5.25. The van der Waals surface area contributed by atoms with Crippen LogP contribution in [0.15, 0.2) is 36.4 Å². The van der Waals surface area contributed by atoms with Crippen molar-refractivity contribution in [1.29, 1.82) is 0 Å². The highest BCUT2D eigenvalue weighted by Crippen LogP contribution is 2.28. The van der Waals surface area contributed by atoms with Crippen LogP contribution in [0.3, 0.4) is 0 Å². The molecule has 2 aromatic carbocycles. The molecule has 0 radical (unpaired) electrons. The van der Waals surface area contributed by atoms with Crippen molar-refractivity contribution < 1.29 is 9.18 Å². The fourth-order valence-corrected chi connectivity index (χ4v) is 3.58. The molecular weight excluding hydrogens is 365 g/mol. The molecule has 0 bridgehead atoms. The lowest BCUT2D eigenvalue weighted by atomic mass is 10.1. The fraction of sp³-hybridized carbons (Fsp3) is 0.417. The van der Waals surface area contributed by atoms with Gasteiger partial charge in [-0.15, -0.1) is 0 Å².